The van der Waals surface area contributed by atoms with Crippen LogP contribution in [-0.2, 0) is 16.1 Å². The highest BCUT2D eigenvalue weighted by Crippen LogP contribution is 2.21. The van der Waals surface area contributed by atoms with Gasteiger partial charge in [-0.25, -0.2) is 0 Å². The van der Waals surface area contributed by atoms with E-state index in [1.165, 1.54) is 0 Å². The van der Waals surface area contributed by atoms with Gasteiger partial charge in [0.15, 0.2) is 0 Å². The van der Waals surface area contributed by atoms with Crippen molar-refractivity contribution in [2.75, 3.05) is 26.7 Å². The van der Waals surface area contributed by atoms with E-state index >= 15 is 0 Å². The number of amides is 2. The summed E-state index contributed by atoms with van der Waals surface area (Å²) in [5.74, 6) is 0.786. The van der Waals surface area contributed by atoms with Crippen molar-refractivity contribution in [2.24, 2.45) is 5.92 Å². The summed E-state index contributed by atoms with van der Waals surface area (Å²) in [7, 11) is 1.83. The first kappa shape index (κ1) is 21.4. The summed E-state index contributed by atoms with van der Waals surface area (Å²) >= 11 is 0. The summed E-state index contributed by atoms with van der Waals surface area (Å²) in [4.78, 5) is 29.0. The lowest BCUT2D eigenvalue weighted by atomic mass is 9.95. The van der Waals surface area contributed by atoms with Gasteiger partial charge in [-0.3, -0.25) is 9.59 Å². The van der Waals surface area contributed by atoms with Crippen LogP contribution in [0.1, 0.15) is 56.5 Å². The largest absolute Gasteiger partial charge is 0.361 e. The number of carbonyl (C=O) groups is 2. The maximum atomic E-state index is 12.7. The Morgan fingerprint density at radius 3 is 2.59 bits per heavy atom. The number of nitrogens with zero attached hydrogens (tertiary/aromatic N) is 3. The molecule has 1 aliphatic heterocycles. The van der Waals surface area contributed by atoms with Crippen LogP contribution < -0.4 is 5.32 Å². The van der Waals surface area contributed by atoms with Crippen LogP contribution >= 0.6 is 0 Å². The molecule has 152 valence electrons. The molecule has 0 spiro atoms. The van der Waals surface area contributed by atoms with E-state index < -0.39 is 0 Å². The Kier molecular flexibility index (Phi) is 7.83. The van der Waals surface area contributed by atoms with Gasteiger partial charge in [-0.15, -0.1) is 0 Å². The number of rotatable bonds is 6. The van der Waals surface area contributed by atoms with Gasteiger partial charge in [0.2, 0.25) is 11.8 Å². The van der Waals surface area contributed by atoms with Crippen molar-refractivity contribution in [1.82, 2.24) is 20.3 Å². The third kappa shape index (κ3) is 5.54. The van der Waals surface area contributed by atoms with Crippen LogP contribution in [0.5, 0.6) is 0 Å². The van der Waals surface area contributed by atoms with E-state index in [2.05, 4.69) is 10.5 Å². The molecule has 2 atom stereocenters. The zero-order chi connectivity index (χ0) is 20.0. The molecule has 0 radical (unpaired) electrons. The van der Waals surface area contributed by atoms with Crippen LogP contribution in [0.4, 0.5) is 0 Å². The molecule has 0 saturated carbocycles. The second kappa shape index (κ2) is 9.88. The van der Waals surface area contributed by atoms with Crippen molar-refractivity contribution < 1.29 is 14.1 Å². The highest BCUT2D eigenvalue weighted by Gasteiger charge is 2.29. The van der Waals surface area contributed by atoms with Gasteiger partial charge in [-0.2, -0.15) is 0 Å². The molecule has 7 heteroatoms. The molecule has 0 bridgehead atoms. The van der Waals surface area contributed by atoms with E-state index in [1.807, 2.05) is 39.6 Å². The SMILES string of the molecule is CCN(CC)C(=O)[C@@H]1CCC[C@@H](NCc2c(C)noc2C)CN(C)C(=O)C1. The molecule has 0 aromatic carbocycles. The quantitative estimate of drug-likeness (QED) is 0.821. The molecule has 1 aromatic rings. The average molecular weight is 379 g/mol. The fraction of sp³-hybridized carbons (Fsp3) is 0.750. The van der Waals surface area contributed by atoms with Crippen LogP contribution in [-0.4, -0.2) is 59.5 Å². The molecule has 27 heavy (non-hydrogen) atoms. The summed E-state index contributed by atoms with van der Waals surface area (Å²) < 4.78 is 5.23. The van der Waals surface area contributed by atoms with Crippen molar-refractivity contribution in [3.05, 3.63) is 17.0 Å². The highest BCUT2D eigenvalue weighted by atomic mass is 16.5. The maximum absolute atomic E-state index is 12.7. The monoisotopic (exact) mass is 378 g/mol. The Morgan fingerprint density at radius 1 is 1.30 bits per heavy atom. The molecule has 1 aromatic heterocycles. The Hall–Kier alpha value is -1.89. The van der Waals surface area contributed by atoms with Gasteiger partial charge < -0.3 is 19.6 Å². The number of aryl methyl sites for hydroxylation is 2. The van der Waals surface area contributed by atoms with Crippen LogP contribution in [0.3, 0.4) is 0 Å². The molecule has 2 amide bonds. The Morgan fingerprint density at radius 2 is 2.00 bits per heavy atom. The van der Waals surface area contributed by atoms with E-state index in [0.29, 0.717) is 32.6 Å². The smallest absolute Gasteiger partial charge is 0.226 e. The van der Waals surface area contributed by atoms with Gasteiger partial charge in [0.05, 0.1) is 5.69 Å². The lowest BCUT2D eigenvalue weighted by Crippen LogP contribution is -2.42. The molecule has 1 N–H and O–H groups in total. The molecule has 1 fully saturated rings. The first-order chi connectivity index (χ1) is 12.9. The normalized spacial score (nSPS) is 21.5. The molecule has 0 aliphatic carbocycles. The minimum absolute atomic E-state index is 0.0477. The minimum atomic E-state index is -0.207. The third-order valence-corrected chi connectivity index (χ3v) is 5.62. The minimum Gasteiger partial charge on any atom is -0.361 e. The zero-order valence-electron chi connectivity index (χ0n) is 17.4. The van der Waals surface area contributed by atoms with Gasteiger partial charge in [0.1, 0.15) is 5.76 Å². The third-order valence-electron chi connectivity index (χ3n) is 5.62. The first-order valence-electron chi connectivity index (χ1n) is 10.0. The number of carbonyl (C=O) groups excluding carboxylic acids is 2. The Labute approximate surface area is 162 Å². The van der Waals surface area contributed by atoms with Gasteiger partial charge >= 0.3 is 0 Å². The van der Waals surface area contributed by atoms with E-state index in [0.717, 1.165) is 36.3 Å². The molecule has 0 unspecified atom stereocenters. The summed E-state index contributed by atoms with van der Waals surface area (Å²) in [6, 6.07) is 0.190. The highest BCUT2D eigenvalue weighted by molar-refractivity contribution is 5.85. The van der Waals surface area contributed by atoms with E-state index in [-0.39, 0.29) is 23.8 Å². The topological polar surface area (TPSA) is 78.7 Å². The molecule has 2 heterocycles. The lowest BCUT2D eigenvalue weighted by Gasteiger charge is -2.26. The number of hydrogen-bond acceptors (Lipinski definition) is 5. The fourth-order valence-electron chi connectivity index (χ4n) is 3.77. The summed E-state index contributed by atoms with van der Waals surface area (Å²) in [6.45, 7) is 10.5. The van der Waals surface area contributed by atoms with E-state index in [1.54, 1.807) is 4.90 Å². The van der Waals surface area contributed by atoms with E-state index in [4.69, 9.17) is 4.52 Å². The van der Waals surface area contributed by atoms with Gasteiger partial charge in [-0.1, -0.05) is 11.6 Å². The summed E-state index contributed by atoms with van der Waals surface area (Å²) in [6.07, 6.45) is 2.93. The second-order valence-electron chi connectivity index (χ2n) is 7.50. The molecular weight excluding hydrogens is 344 g/mol. The summed E-state index contributed by atoms with van der Waals surface area (Å²) in [5.41, 5.74) is 1.98. The molecule has 1 saturated heterocycles. The Bertz CT molecular complexity index is 620. The molecular formula is C20H34N4O3. The van der Waals surface area contributed by atoms with Crippen molar-refractivity contribution in [1.29, 1.82) is 0 Å². The van der Waals surface area contributed by atoms with Crippen LogP contribution in [0.15, 0.2) is 4.52 Å². The first-order valence-corrected chi connectivity index (χ1v) is 10.0. The average Bonchev–Trinajstić information content (AvgIpc) is 2.99. The van der Waals surface area contributed by atoms with Crippen LogP contribution in [0.2, 0.25) is 0 Å². The van der Waals surface area contributed by atoms with Gasteiger partial charge in [0.25, 0.3) is 0 Å². The number of likely N-dealkylation sites (N-methyl/N-ethyl adjacent to an activating group) is 1. The van der Waals surface area contributed by atoms with Gasteiger partial charge in [0, 0.05) is 57.2 Å². The zero-order valence-corrected chi connectivity index (χ0v) is 17.4. The molecule has 7 nitrogen and oxygen atoms in total. The number of aromatic nitrogens is 1. The van der Waals surface area contributed by atoms with Crippen LogP contribution in [0.25, 0.3) is 0 Å². The lowest BCUT2D eigenvalue weighted by molar-refractivity contribution is -0.140. The van der Waals surface area contributed by atoms with E-state index in [9.17, 15) is 9.59 Å². The number of nitrogens with one attached hydrogen (secondary N) is 1. The van der Waals surface area contributed by atoms with Crippen molar-refractivity contribution in [2.45, 2.75) is 66.0 Å². The number of hydrogen-bond donors (Lipinski definition) is 1. The molecule has 1 aliphatic rings. The van der Waals surface area contributed by atoms with Crippen molar-refractivity contribution in [3.8, 4) is 0 Å². The Balaban J connectivity index is 2.01. The van der Waals surface area contributed by atoms with Crippen molar-refractivity contribution in [3.63, 3.8) is 0 Å². The predicted octanol–water partition coefficient (Wildman–Crippen LogP) is 2.27. The van der Waals surface area contributed by atoms with Gasteiger partial charge in [-0.05, 0) is 40.5 Å². The summed E-state index contributed by atoms with van der Waals surface area (Å²) in [5, 5.41) is 7.55. The van der Waals surface area contributed by atoms with Crippen LogP contribution in [0, 0.1) is 19.8 Å². The van der Waals surface area contributed by atoms with Crippen molar-refractivity contribution >= 4 is 11.8 Å². The maximum Gasteiger partial charge on any atom is 0.226 e. The molecule has 2 rings (SSSR count). The fourth-order valence-corrected chi connectivity index (χ4v) is 3.77. The second-order valence-corrected chi connectivity index (χ2v) is 7.50. The predicted molar refractivity (Wildman–Crippen MR) is 104 cm³/mol. The standard InChI is InChI=1S/C20H34N4O3/c1-6-24(7-2)20(26)16-9-8-10-17(13-23(5)19(25)11-16)21-12-18-14(3)22-27-15(18)4/h16-17,21H,6-13H2,1-5H3/t16-,17-/m1/s1.